The van der Waals surface area contributed by atoms with E-state index in [1.807, 2.05) is 0 Å². The summed E-state index contributed by atoms with van der Waals surface area (Å²) >= 11 is 0. The number of nitrogens with one attached hydrogen (secondary N) is 1. The van der Waals surface area contributed by atoms with Gasteiger partial charge in [0.2, 0.25) is 0 Å². The van der Waals surface area contributed by atoms with Crippen molar-refractivity contribution in [3.8, 4) is 0 Å². The minimum atomic E-state index is 0.530. The van der Waals surface area contributed by atoms with Crippen molar-refractivity contribution >= 4 is 0 Å². The summed E-state index contributed by atoms with van der Waals surface area (Å²) < 4.78 is 0. The first-order valence-corrected chi connectivity index (χ1v) is 6.69. The molecule has 0 aliphatic heterocycles. The van der Waals surface area contributed by atoms with Crippen molar-refractivity contribution in [2.75, 3.05) is 0 Å². The molecule has 0 saturated carbocycles. The average Bonchev–Trinajstić information content (AvgIpc) is 2.82. The highest BCUT2D eigenvalue weighted by atomic mass is 14.9. The molecule has 0 amide bonds. The third-order valence-electron chi connectivity index (χ3n) is 3.81. The molecule has 1 heteroatoms. The molecule has 2 aromatic carbocycles. The lowest BCUT2D eigenvalue weighted by Gasteiger charge is -2.14. The summed E-state index contributed by atoms with van der Waals surface area (Å²) in [6, 6.07) is 18.1. The van der Waals surface area contributed by atoms with Crippen molar-refractivity contribution in [3.63, 3.8) is 0 Å². The number of aryl methyl sites for hydroxylation is 2. The zero-order chi connectivity index (χ0) is 12.4. The third kappa shape index (κ3) is 2.32. The van der Waals surface area contributed by atoms with Gasteiger partial charge >= 0.3 is 0 Å². The molecule has 0 unspecified atom stereocenters. The summed E-state index contributed by atoms with van der Waals surface area (Å²) in [6.45, 7) is 3.09. The Morgan fingerprint density at radius 2 is 1.83 bits per heavy atom. The van der Waals surface area contributed by atoms with Crippen LogP contribution in [0.1, 0.15) is 34.7 Å². The zero-order valence-electron chi connectivity index (χ0n) is 10.8. The van der Waals surface area contributed by atoms with E-state index in [-0.39, 0.29) is 0 Å². The average molecular weight is 237 g/mol. The van der Waals surface area contributed by atoms with Crippen molar-refractivity contribution in [1.29, 1.82) is 0 Å². The van der Waals surface area contributed by atoms with Gasteiger partial charge in [0, 0.05) is 12.6 Å². The van der Waals surface area contributed by atoms with Gasteiger partial charge in [-0.3, -0.25) is 0 Å². The molecule has 1 N–H and O–H groups in total. The molecule has 92 valence electrons. The van der Waals surface area contributed by atoms with Gasteiger partial charge in [-0.25, -0.2) is 0 Å². The lowest BCUT2D eigenvalue weighted by molar-refractivity contribution is 0.530. The Morgan fingerprint density at radius 3 is 2.67 bits per heavy atom. The van der Waals surface area contributed by atoms with Crippen molar-refractivity contribution in [1.82, 2.24) is 5.32 Å². The van der Waals surface area contributed by atoms with Gasteiger partial charge in [0.05, 0.1) is 0 Å². The summed E-state index contributed by atoms with van der Waals surface area (Å²) in [5.41, 5.74) is 5.69. The Kier molecular flexibility index (Phi) is 3.16. The summed E-state index contributed by atoms with van der Waals surface area (Å²) in [7, 11) is 0. The Hall–Kier alpha value is -1.60. The van der Waals surface area contributed by atoms with Crippen LogP contribution in [0.5, 0.6) is 0 Å². The zero-order valence-corrected chi connectivity index (χ0v) is 10.8. The number of benzene rings is 2. The van der Waals surface area contributed by atoms with Gasteiger partial charge in [-0.1, -0.05) is 54.1 Å². The molecule has 0 heterocycles. The maximum absolute atomic E-state index is 3.67. The van der Waals surface area contributed by atoms with E-state index >= 15 is 0 Å². The molecule has 0 bridgehead atoms. The van der Waals surface area contributed by atoms with Gasteiger partial charge in [-0.05, 0) is 36.5 Å². The Bertz CT molecular complexity index is 528. The van der Waals surface area contributed by atoms with Gasteiger partial charge in [-0.15, -0.1) is 0 Å². The molecule has 1 aliphatic rings. The van der Waals surface area contributed by atoms with Crippen LogP contribution in [-0.2, 0) is 13.0 Å². The maximum Gasteiger partial charge on any atom is 0.0329 e. The van der Waals surface area contributed by atoms with E-state index in [1.54, 1.807) is 0 Å². The highest BCUT2D eigenvalue weighted by Gasteiger charge is 2.20. The second-order valence-electron chi connectivity index (χ2n) is 5.16. The molecule has 1 nitrogen and oxygen atoms in total. The first-order valence-electron chi connectivity index (χ1n) is 6.69. The fraction of sp³-hybridized carbons (Fsp3) is 0.294. The fourth-order valence-corrected chi connectivity index (χ4v) is 2.72. The number of rotatable bonds is 3. The lowest BCUT2D eigenvalue weighted by Crippen LogP contribution is -2.18. The van der Waals surface area contributed by atoms with Gasteiger partial charge in [0.15, 0.2) is 0 Å². The van der Waals surface area contributed by atoms with E-state index in [4.69, 9.17) is 0 Å². The molecule has 0 saturated heterocycles. The van der Waals surface area contributed by atoms with Crippen LogP contribution < -0.4 is 5.32 Å². The second kappa shape index (κ2) is 4.95. The van der Waals surface area contributed by atoms with E-state index in [1.165, 1.54) is 35.1 Å². The van der Waals surface area contributed by atoms with Crippen LogP contribution >= 0.6 is 0 Å². The summed E-state index contributed by atoms with van der Waals surface area (Å²) in [5.74, 6) is 0. The highest BCUT2D eigenvalue weighted by Crippen LogP contribution is 2.30. The summed E-state index contributed by atoms with van der Waals surface area (Å²) in [4.78, 5) is 0. The summed E-state index contributed by atoms with van der Waals surface area (Å²) in [6.07, 6.45) is 2.44. The van der Waals surface area contributed by atoms with Crippen LogP contribution in [0.2, 0.25) is 0 Å². The van der Waals surface area contributed by atoms with Crippen molar-refractivity contribution in [2.45, 2.75) is 32.4 Å². The summed E-state index contributed by atoms with van der Waals surface area (Å²) in [5, 5.41) is 3.67. The smallest absolute Gasteiger partial charge is 0.0329 e. The van der Waals surface area contributed by atoms with Gasteiger partial charge in [0.1, 0.15) is 0 Å². The van der Waals surface area contributed by atoms with Crippen LogP contribution in [0.25, 0.3) is 0 Å². The van der Waals surface area contributed by atoms with Crippen LogP contribution in [0.15, 0.2) is 48.5 Å². The molecule has 0 radical (unpaired) electrons. The van der Waals surface area contributed by atoms with Crippen LogP contribution in [-0.4, -0.2) is 0 Å². The standard InChI is InChI=1S/C17H19N/c1-13-6-8-14(9-7-13)12-18-17-11-10-15-4-2-3-5-16(15)17/h2-9,17-18H,10-12H2,1H3/t17-/m0/s1. The normalized spacial score (nSPS) is 17.7. The molecule has 0 fully saturated rings. The number of hydrogen-bond acceptors (Lipinski definition) is 1. The minimum Gasteiger partial charge on any atom is -0.306 e. The van der Waals surface area contributed by atoms with Gasteiger partial charge < -0.3 is 5.32 Å². The first kappa shape index (κ1) is 11.5. The third-order valence-corrected chi connectivity index (χ3v) is 3.81. The Morgan fingerprint density at radius 1 is 1.06 bits per heavy atom. The van der Waals surface area contributed by atoms with Crippen LogP contribution in [0.4, 0.5) is 0 Å². The number of hydrogen-bond donors (Lipinski definition) is 1. The Labute approximate surface area is 109 Å². The predicted octanol–water partition coefficient (Wildman–Crippen LogP) is 3.77. The molecule has 1 aliphatic carbocycles. The largest absolute Gasteiger partial charge is 0.306 e. The monoisotopic (exact) mass is 237 g/mol. The maximum atomic E-state index is 3.67. The molecule has 1 atom stereocenters. The van der Waals surface area contributed by atoms with E-state index in [0.29, 0.717) is 6.04 Å². The molecule has 18 heavy (non-hydrogen) atoms. The second-order valence-corrected chi connectivity index (χ2v) is 5.16. The van der Waals surface area contributed by atoms with Gasteiger partial charge in [-0.2, -0.15) is 0 Å². The van der Waals surface area contributed by atoms with Gasteiger partial charge in [0.25, 0.3) is 0 Å². The molecular weight excluding hydrogens is 218 g/mol. The topological polar surface area (TPSA) is 12.0 Å². The van der Waals surface area contributed by atoms with Crippen molar-refractivity contribution in [2.24, 2.45) is 0 Å². The minimum absolute atomic E-state index is 0.530. The molecule has 3 rings (SSSR count). The van der Waals surface area contributed by atoms with E-state index < -0.39 is 0 Å². The Balaban J connectivity index is 1.67. The highest BCUT2D eigenvalue weighted by molar-refractivity contribution is 5.34. The first-order chi connectivity index (χ1) is 8.83. The van der Waals surface area contributed by atoms with Crippen LogP contribution in [0.3, 0.4) is 0 Å². The van der Waals surface area contributed by atoms with Crippen LogP contribution in [0, 0.1) is 6.92 Å². The number of fused-ring (bicyclic) bond motifs is 1. The lowest BCUT2D eigenvalue weighted by atomic mass is 10.1. The molecule has 2 aromatic rings. The van der Waals surface area contributed by atoms with E-state index in [0.717, 1.165) is 6.54 Å². The fourth-order valence-electron chi connectivity index (χ4n) is 2.72. The SMILES string of the molecule is Cc1ccc(CN[C@H]2CCc3ccccc32)cc1. The van der Waals surface area contributed by atoms with Crippen molar-refractivity contribution in [3.05, 3.63) is 70.8 Å². The quantitative estimate of drug-likeness (QED) is 0.856. The molecular formula is C17H19N. The molecule has 0 spiro atoms. The van der Waals surface area contributed by atoms with E-state index in [2.05, 4.69) is 60.8 Å². The van der Waals surface area contributed by atoms with Crippen molar-refractivity contribution < 1.29 is 0 Å². The predicted molar refractivity (Wildman–Crippen MR) is 75.5 cm³/mol. The van der Waals surface area contributed by atoms with E-state index in [9.17, 15) is 0 Å². The molecule has 0 aromatic heterocycles.